The van der Waals surface area contributed by atoms with Gasteiger partial charge >= 0.3 is 0 Å². The Hall–Kier alpha value is -3.17. The largest absolute Gasteiger partial charge is 0.305 e. The van der Waals surface area contributed by atoms with Crippen LogP contribution < -0.4 is 5.19 Å². The quantitative estimate of drug-likeness (QED) is 0.121. The second-order valence-electron chi connectivity index (χ2n) is 13.5. The number of rotatable bonds is 7. The van der Waals surface area contributed by atoms with Crippen LogP contribution in [0.2, 0.25) is 19.6 Å². The molecule has 5 rings (SSSR count). The molecule has 0 saturated carbocycles. The normalized spacial score (nSPS) is 15.2. The molecule has 2 aromatic heterocycles. The SMILES string of the molecule is [2H]C([2H])([2H])c1c[c-]c(-c2cc(C([2H])(C)C)c([Si](C)(C)C)cn2)cc1.[2H]C([2H])([2H])c1ccc(C(C)(C)c2cc[c-]c(-c3cc(C([2H])(C)C)ccn3)c2)cc1.[Ir]. The van der Waals surface area contributed by atoms with E-state index in [-0.39, 0.29) is 31.1 Å². The van der Waals surface area contributed by atoms with Crippen molar-refractivity contribution in [2.75, 3.05) is 0 Å². The summed E-state index contributed by atoms with van der Waals surface area (Å²) in [6.45, 7) is 14.2. The Balaban J connectivity index is 0.000000290. The van der Waals surface area contributed by atoms with E-state index in [0.717, 1.165) is 44.8 Å². The van der Waals surface area contributed by atoms with Gasteiger partial charge in [-0.1, -0.05) is 121 Å². The summed E-state index contributed by atoms with van der Waals surface area (Å²) in [5.41, 5.74) is 7.45. The van der Waals surface area contributed by atoms with Crippen molar-refractivity contribution in [1.82, 2.24) is 9.97 Å². The fourth-order valence-electron chi connectivity index (χ4n) is 5.14. The molecule has 3 aromatic carbocycles. The van der Waals surface area contributed by atoms with E-state index in [0.29, 0.717) is 5.56 Å². The predicted molar refractivity (Wildman–Crippen MR) is 196 cm³/mol. The topological polar surface area (TPSA) is 25.8 Å². The first kappa shape index (κ1) is 26.8. The zero-order valence-corrected chi connectivity index (χ0v) is 31.8. The zero-order chi connectivity index (χ0) is 39.8. The zero-order valence-electron chi connectivity index (χ0n) is 36.4. The summed E-state index contributed by atoms with van der Waals surface area (Å²) in [5.74, 6) is -1.41. The van der Waals surface area contributed by atoms with Crippen molar-refractivity contribution < 1.29 is 31.1 Å². The fraction of sp³-hybridized carbons (Fsp3) is 0.333. The number of aromatic nitrogens is 2. The Morgan fingerprint density at radius 3 is 2.00 bits per heavy atom. The minimum absolute atomic E-state index is 0. The number of benzene rings is 3. The van der Waals surface area contributed by atoms with Crippen molar-refractivity contribution in [3.63, 3.8) is 0 Å². The summed E-state index contributed by atoms with van der Waals surface area (Å²) in [4.78, 5) is 9.04. The molecule has 5 aromatic rings. The van der Waals surface area contributed by atoms with Crippen molar-refractivity contribution in [3.05, 3.63) is 137 Å². The first-order valence-electron chi connectivity index (χ1n) is 19.3. The van der Waals surface area contributed by atoms with Crippen LogP contribution in [0.15, 0.2) is 91.3 Å². The van der Waals surface area contributed by atoms with Crippen LogP contribution in [0.1, 0.15) is 97.7 Å². The van der Waals surface area contributed by atoms with E-state index in [9.17, 15) is 0 Å². The standard InChI is InChI=1S/C24H26N.C18H24NSi.Ir/c1-17(2)19-13-14-25-23(16-19)20-7-6-8-22(15-20)24(4,5)21-11-9-18(3)10-12-21;1-13(2)16-11-17(15-9-7-14(3)8-10-15)19-12-18(16)20(4,5)6;/h6,8-17H,1-5H3;7-9,11-13H,1-6H3;/q2*-1;/i3D3,17D;3D3,13D;. The van der Waals surface area contributed by atoms with Gasteiger partial charge in [-0.15, -0.1) is 70.8 Å². The van der Waals surface area contributed by atoms with E-state index in [1.807, 2.05) is 76.4 Å². The molecule has 243 valence electrons. The average Bonchev–Trinajstić information content (AvgIpc) is 3.06. The van der Waals surface area contributed by atoms with E-state index < -0.39 is 33.6 Å². The summed E-state index contributed by atoms with van der Waals surface area (Å²) in [6.07, 6.45) is 3.62. The summed E-state index contributed by atoms with van der Waals surface area (Å²) in [6, 6.07) is 30.0. The first-order chi connectivity index (χ1) is 24.2. The minimum Gasteiger partial charge on any atom is -0.305 e. The number of pyridine rings is 2. The molecule has 2 heterocycles. The molecule has 0 bridgehead atoms. The Morgan fingerprint density at radius 1 is 0.739 bits per heavy atom. The molecule has 1 radical (unpaired) electrons. The Bertz CT molecular complexity index is 2020. The van der Waals surface area contributed by atoms with Crippen molar-refractivity contribution in [3.8, 4) is 22.5 Å². The van der Waals surface area contributed by atoms with Gasteiger partial charge in [-0.3, -0.25) is 0 Å². The molecule has 2 nitrogen and oxygen atoms in total. The van der Waals surface area contributed by atoms with E-state index in [4.69, 9.17) is 11.0 Å². The maximum Gasteiger partial charge on any atom is 0.0799 e. The number of hydrogen-bond donors (Lipinski definition) is 0. The molecule has 0 aliphatic rings. The Morgan fingerprint density at radius 2 is 1.41 bits per heavy atom. The molecular formula is C42H50IrN2Si-2. The van der Waals surface area contributed by atoms with Gasteiger partial charge in [-0.2, -0.15) is 0 Å². The first-order valence-corrected chi connectivity index (χ1v) is 18.8. The molecule has 0 atom stereocenters. The van der Waals surface area contributed by atoms with Gasteiger partial charge in [0.15, 0.2) is 0 Å². The van der Waals surface area contributed by atoms with Crippen LogP contribution in [-0.4, -0.2) is 18.0 Å². The molecule has 0 saturated heterocycles. The third-order valence-electron chi connectivity index (χ3n) is 8.08. The van der Waals surface area contributed by atoms with E-state index >= 15 is 0 Å². The van der Waals surface area contributed by atoms with Gasteiger partial charge in [0.2, 0.25) is 0 Å². The average molecular weight is 811 g/mol. The molecular weight excluding hydrogens is 753 g/mol. The van der Waals surface area contributed by atoms with Crippen LogP contribution in [0.5, 0.6) is 0 Å². The van der Waals surface area contributed by atoms with Crippen LogP contribution in [0.4, 0.5) is 0 Å². The smallest absolute Gasteiger partial charge is 0.0799 e. The molecule has 0 unspecified atom stereocenters. The molecule has 46 heavy (non-hydrogen) atoms. The maximum atomic E-state index is 8.48. The summed E-state index contributed by atoms with van der Waals surface area (Å²) < 4.78 is 61.7. The van der Waals surface area contributed by atoms with E-state index in [1.165, 1.54) is 11.3 Å². The van der Waals surface area contributed by atoms with E-state index in [2.05, 4.69) is 61.7 Å². The molecule has 4 heteroatoms. The maximum absolute atomic E-state index is 8.48. The molecule has 0 N–H and O–H groups in total. The Kier molecular flexibility index (Phi) is 9.11. The van der Waals surface area contributed by atoms with Crippen LogP contribution in [-0.2, 0) is 25.5 Å². The van der Waals surface area contributed by atoms with Crippen LogP contribution >= 0.6 is 0 Å². The second-order valence-corrected chi connectivity index (χ2v) is 18.5. The summed E-state index contributed by atoms with van der Waals surface area (Å²) in [5, 5.41) is 1.19. The van der Waals surface area contributed by atoms with Crippen LogP contribution in [0, 0.1) is 25.8 Å². The van der Waals surface area contributed by atoms with Gasteiger partial charge in [0.1, 0.15) is 0 Å². The van der Waals surface area contributed by atoms with Gasteiger partial charge in [0.05, 0.1) is 8.07 Å². The fourth-order valence-corrected chi connectivity index (χ4v) is 6.73. The number of nitrogens with zero attached hydrogens (tertiary/aromatic N) is 2. The monoisotopic (exact) mass is 811 g/mol. The summed E-state index contributed by atoms with van der Waals surface area (Å²) >= 11 is 0. The van der Waals surface area contributed by atoms with Gasteiger partial charge in [0, 0.05) is 43.5 Å². The van der Waals surface area contributed by atoms with Crippen LogP contribution in [0.25, 0.3) is 22.5 Å². The molecule has 0 aliphatic carbocycles. The van der Waals surface area contributed by atoms with Crippen molar-refractivity contribution in [2.45, 2.75) is 92.1 Å². The van der Waals surface area contributed by atoms with Crippen molar-refractivity contribution in [2.24, 2.45) is 0 Å². The molecule has 0 spiro atoms. The molecule has 0 amide bonds. The minimum atomic E-state index is -2.13. The number of hydrogen-bond acceptors (Lipinski definition) is 2. The molecule has 0 fully saturated rings. The van der Waals surface area contributed by atoms with Gasteiger partial charge in [-0.05, 0) is 52.3 Å². The molecule has 0 aliphatic heterocycles. The van der Waals surface area contributed by atoms with Gasteiger partial charge in [-0.25, -0.2) is 0 Å². The van der Waals surface area contributed by atoms with Crippen molar-refractivity contribution >= 4 is 13.3 Å². The van der Waals surface area contributed by atoms with Gasteiger partial charge in [0.25, 0.3) is 0 Å². The van der Waals surface area contributed by atoms with Gasteiger partial charge < -0.3 is 9.97 Å². The van der Waals surface area contributed by atoms with Crippen LogP contribution in [0.3, 0.4) is 0 Å². The van der Waals surface area contributed by atoms with E-state index in [1.54, 1.807) is 30.5 Å². The third-order valence-corrected chi connectivity index (χ3v) is 10.1. The predicted octanol–water partition coefficient (Wildman–Crippen LogP) is 10.8. The van der Waals surface area contributed by atoms with Crippen molar-refractivity contribution in [1.29, 1.82) is 0 Å². The third kappa shape index (κ3) is 9.22. The Labute approximate surface area is 304 Å². The number of aryl methyl sites for hydroxylation is 2. The second kappa shape index (κ2) is 15.6. The summed E-state index contributed by atoms with van der Waals surface area (Å²) in [7, 11) is -1.61.